The number of hydrogen-bond donors (Lipinski definition) is 1. The van der Waals surface area contributed by atoms with Crippen LogP contribution in [0.4, 0.5) is 5.13 Å². The number of nitrogen functional groups attached to an aromatic ring is 1. The molecule has 1 aliphatic carbocycles. The van der Waals surface area contributed by atoms with Crippen molar-refractivity contribution in [1.29, 1.82) is 0 Å². The van der Waals surface area contributed by atoms with Crippen LogP contribution in [0.2, 0.25) is 0 Å². The predicted molar refractivity (Wildman–Crippen MR) is 63.1 cm³/mol. The van der Waals surface area contributed by atoms with Crippen LogP contribution in [0.5, 0.6) is 0 Å². The Morgan fingerprint density at radius 1 is 1.20 bits per heavy atom. The third kappa shape index (κ3) is 1.63. The zero-order valence-electron chi connectivity index (χ0n) is 8.26. The van der Waals surface area contributed by atoms with E-state index >= 15 is 0 Å². The molecule has 0 spiro atoms. The Morgan fingerprint density at radius 2 is 2.00 bits per heavy atom. The zero-order chi connectivity index (χ0) is 10.3. The molecule has 1 fully saturated rings. The standard InChI is InChI=1S/C12H12N2S/c13-12-14-11(7-15-12)10-6-9(10)8-4-2-1-3-5-8/h1-5,7,9-10H,6H2,(H2,13,14)/t9-,10?/m1/s1. The molecular weight excluding hydrogens is 204 g/mol. The van der Waals surface area contributed by atoms with Crippen LogP contribution in [0.1, 0.15) is 29.5 Å². The van der Waals surface area contributed by atoms with E-state index in [4.69, 9.17) is 5.73 Å². The number of anilines is 1. The van der Waals surface area contributed by atoms with Gasteiger partial charge in [-0.25, -0.2) is 4.98 Å². The molecule has 0 bridgehead atoms. The lowest BCUT2D eigenvalue weighted by atomic mass is 10.1. The van der Waals surface area contributed by atoms with Crippen molar-refractivity contribution in [1.82, 2.24) is 4.98 Å². The van der Waals surface area contributed by atoms with E-state index in [1.54, 1.807) is 0 Å². The highest BCUT2D eigenvalue weighted by Crippen LogP contribution is 2.54. The summed E-state index contributed by atoms with van der Waals surface area (Å²) in [5, 5.41) is 2.77. The molecule has 0 aliphatic heterocycles. The van der Waals surface area contributed by atoms with Crippen LogP contribution in [-0.4, -0.2) is 4.98 Å². The number of aromatic nitrogens is 1. The van der Waals surface area contributed by atoms with E-state index in [0.29, 0.717) is 17.0 Å². The predicted octanol–water partition coefficient (Wildman–Crippen LogP) is 3.00. The Kier molecular flexibility index (Phi) is 1.99. The summed E-state index contributed by atoms with van der Waals surface area (Å²) in [6, 6.07) is 10.6. The molecule has 1 saturated carbocycles. The molecule has 2 nitrogen and oxygen atoms in total. The molecule has 2 N–H and O–H groups in total. The summed E-state index contributed by atoms with van der Waals surface area (Å²) in [6.45, 7) is 0. The lowest BCUT2D eigenvalue weighted by molar-refractivity contribution is 0.985. The molecule has 1 aromatic heterocycles. The molecule has 76 valence electrons. The van der Waals surface area contributed by atoms with Crippen molar-refractivity contribution in [2.45, 2.75) is 18.3 Å². The lowest BCUT2D eigenvalue weighted by Crippen LogP contribution is -1.86. The van der Waals surface area contributed by atoms with Crippen molar-refractivity contribution in [3.8, 4) is 0 Å². The summed E-state index contributed by atoms with van der Waals surface area (Å²) in [5.41, 5.74) is 8.23. The fourth-order valence-corrected chi connectivity index (χ4v) is 2.69. The number of nitrogens with zero attached hydrogens (tertiary/aromatic N) is 1. The van der Waals surface area contributed by atoms with Crippen LogP contribution >= 0.6 is 11.3 Å². The first-order chi connectivity index (χ1) is 7.34. The van der Waals surface area contributed by atoms with Crippen molar-refractivity contribution < 1.29 is 0 Å². The first-order valence-corrected chi connectivity index (χ1v) is 5.98. The summed E-state index contributed by atoms with van der Waals surface area (Å²) < 4.78 is 0. The summed E-state index contributed by atoms with van der Waals surface area (Å²) in [7, 11) is 0. The van der Waals surface area contributed by atoms with Gasteiger partial charge in [0.15, 0.2) is 5.13 Å². The first kappa shape index (κ1) is 8.92. The number of rotatable bonds is 2. The van der Waals surface area contributed by atoms with Gasteiger partial charge in [0.1, 0.15) is 0 Å². The summed E-state index contributed by atoms with van der Waals surface area (Å²) in [5.74, 6) is 1.26. The van der Waals surface area contributed by atoms with Gasteiger partial charge in [-0.15, -0.1) is 11.3 Å². The Labute approximate surface area is 92.8 Å². The fraction of sp³-hybridized carbons (Fsp3) is 0.250. The highest BCUT2D eigenvalue weighted by atomic mass is 32.1. The van der Waals surface area contributed by atoms with Crippen LogP contribution in [0, 0.1) is 0 Å². The van der Waals surface area contributed by atoms with Crippen LogP contribution in [0.15, 0.2) is 35.7 Å². The minimum Gasteiger partial charge on any atom is -0.375 e. The molecule has 0 amide bonds. The Balaban J connectivity index is 1.80. The molecule has 1 unspecified atom stereocenters. The van der Waals surface area contributed by atoms with E-state index in [-0.39, 0.29) is 0 Å². The normalized spacial score (nSPS) is 24.0. The Hall–Kier alpha value is -1.35. The molecule has 0 saturated heterocycles. The molecule has 3 heteroatoms. The Morgan fingerprint density at radius 3 is 2.67 bits per heavy atom. The van der Waals surface area contributed by atoms with Crippen molar-refractivity contribution >= 4 is 16.5 Å². The lowest BCUT2D eigenvalue weighted by Gasteiger charge is -1.97. The monoisotopic (exact) mass is 216 g/mol. The van der Waals surface area contributed by atoms with Gasteiger partial charge in [-0.3, -0.25) is 0 Å². The van der Waals surface area contributed by atoms with E-state index < -0.39 is 0 Å². The van der Waals surface area contributed by atoms with Gasteiger partial charge in [-0.05, 0) is 17.9 Å². The van der Waals surface area contributed by atoms with Crippen LogP contribution in [-0.2, 0) is 0 Å². The average molecular weight is 216 g/mol. The molecule has 0 radical (unpaired) electrons. The van der Waals surface area contributed by atoms with Gasteiger partial charge in [-0.1, -0.05) is 30.3 Å². The molecular formula is C12H12N2S. The second-order valence-electron chi connectivity index (χ2n) is 3.97. The molecule has 2 aromatic rings. The fourth-order valence-electron chi connectivity index (χ4n) is 2.06. The van der Waals surface area contributed by atoms with E-state index in [9.17, 15) is 0 Å². The third-order valence-electron chi connectivity index (χ3n) is 2.94. The van der Waals surface area contributed by atoms with Gasteiger partial charge in [0.2, 0.25) is 0 Å². The highest BCUT2D eigenvalue weighted by molar-refractivity contribution is 7.13. The zero-order valence-corrected chi connectivity index (χ0v) is 9.08. The maximum Gasteiger partial charge on any atom is 0.180 e. The van der Waals surface area contributed by atoms with Crippen LogP contribution < -0.4 is 5.73 Å². The number of benzene rings is 1. The highest BCUT2D eigenvalue weighted by Gasteiger charge is 2.40. The van der Waals surface area contributed by atoms with Gasteiger partial charge in [-0.2, -0.15) is 0 Å². The number of thiazole rings is 1. The molecule has 15 heavy (non-hydrogen) atoms. The van der Waals surface area contributed by atoms with Gasteiger partial charge in [0.25, 0.3) is 0 Å². The minimum atomic E-state index is 0.598. The first-order valence-electron chi connectivity index (χ1n) is 5.10. The summed E-state index contributed by atoms with van der Waals surface area (Å²) >= 11 is 1.54. The maximum atomic E-state index is 5.64. The molecule has 1 aliphatic rings. The Bertz CT molecular complexity index is 463. The second kappa shape index (κ2) is 3.35. The van der Waals surface area contributed by atoms with Gasteiger partial charge in [0.05, 0.1) is 5.69 Å². The third-order valence-corrected chi connectivity index (χ3v) is 3.63. The van der Waals surface area contributed by atoms with Crippen molar-refractivity contribution in [3.63, 3.8) is 0 Å². The van der Waals surface area contributed by atoms with Gasteiger partial charge in [0, 0.05) is 11.3 Å². The SMILES string of the molecule is Nc1nc(C2C[C@@H]2c2ccccc2)cs1. The number of nitrogens with two attached hydrogens (primary N) is 1. The van der Waals surface area contributed by atoms with Crippen molar-refractivity contribution in [3.05, 3.63) is 47.0 Å². The molecule has 1 aromatic carbocycles. The van der Waals surface area contributed by atoms with Gasteiger partial charge < -0.3 is 5.73 Å². The minimum absolute atomic E-state index is 0.598. The quantitative estimate of drug-likeness (QED) is 0.838. The van der Waals surface area contributed by atoms with Crippen LogP contribution in [0.25, 0.3) is 0 Å². The summed E-state index contributed by atoms with van der Waals surface area (Å²) in [6.07, 6.45) is 1.22. The van der Waals surface area contributed by atoms with Crippen molar-refractivity contribution in [2.75, 3.05) is 5.73 Å². The maximum absolute atomic E-state index is 5.64. The topological polar surface area (TPSA) is 38.9 Å². The average Bonchev–Trinajstić information content (AvgIpc) is 2.96. The largest absolute Gasteiger partial charge is 0.375 e. The smallest absolute Gasteiger partial charge is 0.180 e. The second-order valence-corrected chi connectivity index (χ2v) is 4.86. The van der Waals surface area contributed by atoms with Crippen LogP contribution in [0.3, 0.4) is 0 Å². The van der Waals surface area contributed by atoms with Crippen molar-refractivity contribution in [2.24, 2.45) is 0 Å². The molecule has 1 heterocycles. The van der Waals surface area contributed by atoms with E-state index in [1.165, 1.54) is 29.0 Å². The number of hydrogen-bond acceptors (Lipinski definition) is 3. The molecule has 3 rings (SSSR count). The van der Waals surface area contributed by atoms with E-state index in [2.05, 4.69) is 40.7 Å². The van der Waals surface area contributed by atoms with Gasteiger partial charge >= 0.3 is 0 Å². The van der Waals surface area contributed by atoms with E-state index in [0.717, 1.165) is 0 Å². The van der Waals surface area contributed by atoms with E-state index in [1.807, 2.05) is 0 Å². The molecule has 2 atom stereocenters. The summed E-state index contributed by atoms with van der Waals surface area (Å²) in [4.78, 5) is 4.34.